The van der Waals surface area contributed by atoms with Crippen LogP contribution in [-0.2, 0) is 11.3 Å². The van der Waals surface area contributed by atoms with Crippen LogP contribution in [0, 0.1) is 5.92 Å². The van der Waals surface area contributed by atoms with Crippen LogP contribution in [0.2, 0.25) is 0 Å². The van der Waals surface area contributed by atoms with Gasteiger partial charge in [-0.3, -0.25) is 9.59 Å². The molecular weight excluding hydrogens is 352 g/mol. The van der Waals surface area contributed by atoms with Crippen LogP contribution in [0.5, 0.6) is 0 Å². The van der Waals surface area contributed by atoms with E-state index in [2.05, 4.69) is 16.9 Å². The van der Waals surface area contributed by atoms with Crippen molar-refractivity contribution in [2.75, 3.05) is 31.6 Å². The van der Waals surface area contributed by atoms with Gasteiger partial charge in [0.25, 0.3) is 5.56 Å². The van der Waals surface area contributed by atoms with Gasteiger partial charge in [0.05, 0.1) is 24.3 Å². The molecule has 1 fully saturated rings. The normalized spacial score (nSPS) is 16.8. The van der Waals surface area contributed by atoms with Crippen LogP contribution in [-0.4, -0.2) is 47.3 Å². The second-order valence-electron chi connectivity index (χ2n) is 7.59. The molecule has 0 N–H and O–H groups in total. The van der Waals surface area contributed by atoms with Crippen LogP contribution in [0.25, 0.3) is 0 Å². The minimum atomic E-state index is -0.116. The lowest BCUT2D eigenvalue weighted by atomic mass is 9.96. The zero-order valence-corrected chi connectivity index (χ0v) is 16.9. The SMILES string of the molecule is CCCCN(C)C(=O)[C@@H]1CCCN(c2cnn(Cc3ccccc3)c(=O)c2)C1. The van der Waals surface area contributed by atoms with E-state index in [0.29, 0.717) is 13.1 Å². The van der Waals surface area contributed by atoms with Crippen molar-refractivity contribution < 1.29 is 4.79 Å². The van der Waals surface area contributed by atoms with Gasteiger partial charge < -0.3 is 9.80 Å². The van der Waals surface area contributed by atoms with Crippen molar-refractivity contribution in [2.24, 2.45) is 5.92 Å². The van der Waals surface area contributed by atoms with Crippen LogP contribution in [0.3, 0.4) is 0 Å². The van der Waals surface area contributed by atoms with Crippen molar-refractivity contribution in [3.63, 3.8) is 0 Å². The predicted octanol–water partition coefficient (Wildman–Crippen LogP) is 2.77. The Morgan fingerprint density at radius 1 is 1.29 bits per heavy atom. The molecule has 0 unspecified atom stereocenters. The van der Waals surface area contributed by atoms with Gasteiger partial charge >= 0.3 is 0 Å². The van der Waals surface area contributed by atoms with Gasteiger partial charge in [-0.25, -0.2) is 4.68 Å². The molecule has 1 atom stereocenters. The molecule has 6 heteroatoms. The molecular formula is C22H30N4O2. The van der Waals surface area contributed by atoms with Gasteiger partial charge in [-0.2, -0.15) is 5.10 Å². The fourth-order valence-corrected chi connectivity index (χ4v) is 3.70. The summed E-state index contributed by atoms with van der Waals surface area (Å²) in [6, 6.07) is 11.5. The maximum Gasteiger partial charge on any atom is 0.269 e. The molecule has 2 aromatic rings. The van der Waals surface area contributed by atoms with E-state index in [-0.39, 0.29) is 17.4 Å². The molecule has 1 saturated heterocycles. The number of amides is 1. The molecule has 3 rings (SSSR count). The summed E-state index contributed by atoms with van der Waals surface area (Å²) < 4.78 is 1.48. The second-order valence-corrected chi connectivity index (χ2v) is 7.59. The second kappa shape index (κ2) is 9.53. The van der Waals surface area contributed by atoms with E-state index in [0.717, 1.165) is 50.0 Å². The van der Waals surface area contributed by atoms with E-state index in [1.807, 2.05) is 42.3 Å². The lowest BCUT2D eigenvalue weighted by molar-refractivity contribution is -0.134. The summed E-state index contributed by atoms with van der Waals surface area (Å²) in [6.07, 6.45) is 5.72. The maximum atomic E-state index is 12.7. The Hall–Kier alpha value is -2.63. The highest BCUT2D eigenvalue weighted by molar-refractivity contribution is 5.79. The third-order valence-corrected chi connectivity index (χ3v) is 5.39. The first kappa shape index (κ1) is 20.1. The summed E-state index contributed by atoms with van der Waals surface area (Å²) in [5.74, 6) is 0.200. The fourth-order valence-electron chi connectivity index (χ4n) is 3.70. The molecule has 1 aromatic heterocycles. The van der Waals surface area contributed by atoms with Gasteiger partial charge in [0.2, 0.25) is 5.91 Å². The molecule has 1 amide bonds. The molecule has 0 spiro atoms. The number of aromatic nitrogens is 2. The number of carbonyl (C=O) groups is 1. The Kier molecular flexibility index (Phi) is 6.85. The van der Waals surface area contributed by atoms with Crippen molar-refractivity contribution >= 4 is 11.6 Å². The molecule has 28 heavy (non-hydrogen) atoms. The number of rotatable bonds is 7. The van der Waals surface area contributed by atoms with E-state index in [4.69, 9.17) is 0 Å². The van der Waals surface area contributed by atoms with Gasteiger partial charge in [0.15, 0.2) is 0 Å². The van der Waals surface area contributed by atoms with Gasteiger partial charge in [-0.05, 0) is 24.8 Å². The topological polar surface area (TPSA) is 58.4 Å². The molecule has 1 aliphatic heterocycles. The predicted molar refractivity (Wildman–Crippen MR) is 112 cm³/mol. The largest absolute Gasteiger partial charge is 0.369 e. The summed E-state index contributed by atoms with van der Waals surface area (Å²) in [5.41, 5.74) is 1.74. The molecule has 150 valence electrons. The molecule has 0 aliphatic carbocycles. The standard InChI is InChI=1S/C22H30N4O2/c1-3-4-12-24(2)22(28)19-11-8-13-25(17-19)20-14-21(27)26(23-15-20)16-18-9-6-5-7-10-18/h5-7,9-10,14-15,19H,3-4,8,11-13,16-17H2,1-2H3/t19-/m1/s1. The summed E-state index contributed by atoms with van der Waals surface area (Å²) >= 11 is 0. The molecule has 6 nitrogen and oxygen atoms in total. The molecule has 1 aliphatic rings. The molecule has 2 heterocycles. The van der Waals surface area contributed by atoms with Gasteiger partial charge in [-0.15, -0.1) is 0 Å². The van der Waals surface area contributed by atoms with Gasteiger partial charge in [0, 0.05) is 32.7 Å². The van der Waals surface area contributed by atoms with Crippen LogP contribution < -0.4 is 10.5 Å². The van der Waals surface area contributed by atoms with Crippen molar-refractivity contribution in [3.05, 3.63) is 58.5 Å². The van der Waals surface area contributed by atoms with Crippen LogP contribution in [0.15, 0.2) is 47.4 Å². The molecule has 0 radical (unpaired) electrons. The van der Waals surface area contributed by atoms with Crippen LogP contribution in [0.4, 0.5) is 5.69 Å². The number of hydrogen-bond acceptors (Lipinski definition) is 4. The quantitative estimate of drug-likeness (QED) is 0.739. The highest BCUT2D eigenvalue weighted by Gasteiger charge is 2.28. The highest BCUT2D eigenvalue weighted by atomic mass is 16.2. The number of hydrogen-bond donors (Lipinski definition) is 0. The lowest BCUT2D eigenvalue weighted by Gasteiger charge is -2.35. The zero-order valence-electron chi connectivity index (χ0n) is 16.9. The number of anilines is 1. The lowest BCUT2D eigenvalue weighted by Crippen LogP contribution is -2.44. The summed E-state index contributed by atoms with van der Waals surface area (Å²) in [7, 11) is 1.89. The summed E-state index contributed by atoms with van der Waals surface area (Å²) in [5, 5.41) is 4.36. The Bertz CT molecular complexity index is 834. The van der Waals surface area contributed by atoms with E-state index in [1.165, 1.54) is 4.68 Å². The average molecular weight is 383 g/mol. The van der Waals surface area contributed by atoms with Crippen molar-refractivity contribution in [2.45, 2.75) is 39.2 Å². The Labute approximate surface area is 166 Å². The first-order valence-electron chi connectivity index (χ1n) is 10.2. The van der Waals surface area contributed by atoms with E-state index >= 15 is 0 Å². The number of nitrogens with zero attached hydrogens (tertiary/aromatic N) is 4. The Balaban J connectivity index is 1.67. The number of piperidine rings is 1. The first-order valence-corrected chi connectivity index (χ1v) is 10.2. The highest BCUT2D eigenvalue weighted by Crippen LogP contribution is 2.23. The average Bonchev–Trinajstić information content (AvgIpc) is 2.73. The smallest absolute Gasteiger partial charge is 0.269 e. The maximum absolute atomic E-state index is 12.7. The Morgan fingerprint density at radius 3 is 2.79 bits per heavy atom. The molecule has 1 aromatic carbocycles. The van der Waals surface area contributed by atoms with E-state index in [1.54, 1.807) is 12.3 Å². The van der Waals surface area contributed by atoms with Crippen molar-refractivity contribution in [1.29, 1.82) is 0 Å². The summed E-state index contributed by atoms with van der Waals surface area (Å²) in [6.45, 7) is 4.91. The third-order valence-electron chi connectivity index (χ3n) is 5.39. The van der Waals surface area contributed by atoms with E-state index < -0.39 is 0 Å². The molecule has 0 bridgehead atoms. The van der Waals surface area contributed by atoms with Crippen molar-refractivity contribution in [3.8, 4) is 0 Å². The fraction of sp³-hybridized carbons (Fsp3) is 0.500. The van der Waals surface area contributed by atoms with Gasteiger partial charge in [0.1, 0.15) is 0 Å². The minimum Gasteiger partial charge on any atom is -0.369 e. The molecule has 0 saturated carbocycles. The number of unbranched alkanes of at least 4 members (excludes halogenated alkanes) is 1. The first-order chi connectivity index (χ1) is 13.6. The minimum absolute atomic E-state index is 0.0117. The van der Waals surface area contributed by atoms with Crippen molar-refractivity contribution in [1.82, 2.24) is 14.7 Å². The van der Waals surface area contributed by atoms with Gasteiger partial charge in [-0.1, -0.05) is 43.7 Å². The van der Waals surface area contributed by atoms with E-state index in [9.17, 15) is 9.59 Å². The van der Waals surface area contributed by atoms with Crippen LogP contribution >= 0.6 is 0 Å². The van der Waals surface area contributed by atoms with Crippen LogP contribution in [0.1, 0.15) is 38.2 Å². The summed E-state index contributed by atoms with van der Waals surface area (Å²) in [4.78, 5) is 29.2. The third kappa shape index (κ3) is 5.00. The number of carbonyl (C=O) groups excluding carboxylic acids is 1. The zero-order chi connectivity index (χ0) is 19.9. The monoisotopic (exact) mass is 382 g/mol. The Morgan fingerprint density at radius 2 is 2.07 bits per heavy atom. The number of benzene rings is 1.